The lowest BCUT2D eigenvalue weighted by Crippen LogP contribution is -2.14. The molecule has 0 aliphatic heterocycles. The number of hydrogen-bond acceptors (Lipinski definition) is 5. The minimum Gasteiger partial charge on any atom is -0.340 e. The van der Waals surface area contributed by atoms with E-state index in [0.29, 0.717) is 18.3 Å². The Bertz CT molecular complexity index is 454. The number of nitrogens with one attached hydrogen (secondary N) is 2. The summed E-state index contributed by atoms with van der Waals surface area (Å²) in [6, 6.07) is 0. The third kappa shape index (κ3) is 2.27. The summed E-state index contributed by atoms with van der Waals surface area (Å²) in [5.41, 5.74) is 3.31. The van der Waals surface area contributed by atoms with Crippen LogP contribution in [0.3, 0.4) is 0 Å². The molecule has 2 heterocycles. The fraction of sp³-hybridized carbons (Fsp3) is 0.500. The van der Waals surface area contributed by atoms with Crippen LogP contribution in [0.5, 0.6) is 0 Å². The second-order valence-electron chi connectivity index (χ2n) is 3.75. The Labute approximate surface area is 93.4 Å². The number of aromatic amines is 1. The molecule has 0 spiro atoms. The van der Waals surface area contributed by atoms with Gasteiger partial charge in [-0.05, 0) is 13.8 Å². The summed E-state index contributed by atoms with van der Waals surface area (Å²) in [6.07, 6.45) is 0. The molecule has 6 heteroatoms. The van der Waals surface area contributed by atoms with Crippen LogP contribution < -0.4 is 5.32 Å². The first-order valence-electron chi connectivity index (χ1n) is 5.17. The van der Waals surface area contributed by atoms with Gasteiger partial charge in [0.05, 0.1) is 12.2 Å². The van der Waals surface area contributed by atoms with Crippen molar-refractivity contribution in [3.63, 3.8) is 0 Å². The summed E-state index contributed by atoms with van der Waals surface area (Å²) in [4.78, 5) is 4.11. The van der Waals surface area contributed by atoms with Crippen molar-refractivity contribution in [2.75, 3.05) is 0 Å². The summed E-state index contributed by atoms with van der Waals surface area (Å²) in [7, 11) is 0. The number of H-pyrrole nitrogens is 1. The molecule has 0 aliphatic rings. The van der Waals surface area contributed by atoms with Gasteiger partial charge >= 0.3 is 0 Å². The third-order valence-electron chi connectivity index (χ3n) is 2.44. The van der Waals surface area contributed by atoms with Gasteiger partial charge in [0.1, 0.15) is 0 Å². The van der Waals surface area contributed by atoms with Gasteiger partial charge in [-0.25, -0.2) is 0 Å². The van der Waals surface area contributed by atoms with Gasteiger partial charge < -0.3 is 9.84 Å². The van der Waals surface area contributed by atoms with Gasteiger partial charge in [-0.2, -0.15) is 10.1 Å². The first kappa shape index (κ1) is 10.8. The van der Waals surface area contributed by atoms with Gasteiger partial charge in [-0.3, -0.25) is 5.10 Å². The molecule has 86 valence electrons. The summed E-state index contributed by atoms with van der Waals surface area (Å²) in [5.74, 6) is 1.27. The summed E-state index contributed by atoms with van der Waals surface area (Å²) in [6.45, 7) is 7.12. The number of nitrogens with zero attached hydrogens (tertiary/aromatic N) is 3. The Hall–Kier alpha value is -1.69. The second-order valence-corrected chi connectivity index (χ2v) is 3.75. The lowest BCUT2D eigenvalue weighted by atomic mass is 10.2. The fourth-order valence-corrected chi connectivity index (χ4v) is 1.55. The fourth-order valence-electron chi connectivity index (χ4n) is 1.55. The van der Waals surface area contributed by atoms with Crippen molar-refractivity contribution in [1.29, 1.82) is 0 Å². The van der Waals surface area contributed by atoms with E-state index in [9.17, 15) is 0 Å². The van der Waals surface area contributed by atoms with E-state index in [1.807, 2.05) is 13.8 Å². The average molecular weight is 221 g/mol. The zero-order valence-corrected chi connectivity index (χ0v) is 9.66. The minimum atomic E-state index is 0.590. The van der Waals surface area contributed by atoms with Crippen LogP contribution in [0, 0.1) is 20.8 Å². The van der Waals surface area contributed by atoms with Gasteiger partial charge in [0.25, 0.3) is 0 Å². The van der Waals surface area contributed by atoms with Crippen LogP contribution in [0.4, 0.5) is 0 Å². The monoisotopic (exact) mass is 221 g/mol. The first-order chi connectivity index (χ1) is 7.66. The molecule has 0 aromatic carbocycles. The van der Waals surface area contributed by atoms with Gasteiger partial charge in [-0.1, -0.05) is 5.16 Å². The average Bonchev–Trinajstić information content (AvgIpc) is 2.78. The molecule has 0 amide bonds. The highest BCUT2D eigenvalue weighted by atomic mass is 16.5. The maximum Gasteiger partial charge on any atom is 0.223 e. The quantitative estimate of drug-likeness (QED) is 0.805. The van der Waals surface area contributed by atoms with Crippen LogP contribution >= 0.6 is 0 Å². The number of hydrogen-bond donors (Lipinski definition) is 2. The Morgan fingerprint density at radius 3 is 2.62 bits per heavy atom. The zero-order valence-electron chi connectivity index (χ0n) is 9.66. The summed E-state index contributed by atoms with van der Waals surface area (Å²) in [5, 5.41) is 14.1. The van der Waals surface area contributed by atoms with Crippen molar-refractivity contribution >= 4 is 0 Å². The molecule has 0 atom stereocenters. The molecule has 0 radical (unpaired) electrons. The van der Waals surface area contributed by atoms with Crippen molar-refractivity contribution in [3.8, 4) is 0 Å². The highest BCUT2D eigenvalue weighted by Gasteiger charge is 2.06. The van der Waals surface area contributed by atoms with Gasteiger partial charge in [-0.15, -0.1) is 0 Å². The molecular formula is C10H15N5O. The van der Waals surface area contributed by atoms with E-state index >= 15 is 0 Å². The first-order valence-corrected chi connectivity index (χ1v) is 5.17. The van der Waals surface area contributed by atoms with E-state index in [-0.39, 0.29) is 0 Å². The molecular weight excluding hydrogens is 206 g/mol. The number of aryl methyl sites for hydroxylation is 3. The maximum atomic E-state index is 4.88. The van der Waals surface area contributed by atoms with E-state index in [0.717, 1.165) is 17.9 Å². The summed E-state index contributed by atoms with van der Waals surface area (Å²) < 4.78 is 4.88. The second kappa shape index (κ2) is 4.44. The van der Waals surface area contributed by atoms with Crippen LogP contribution in [-0.2, 0) is 13.1 Å². The zero-order chi connectivity index (χ0) is 11.5. The highest BCUT2D eigenvalue weighted by molar-refractivity contribution is 5.22. The normalized spacial score (nSPS) is 10.9. The van der Waals surface area contributed by atoms with Crippen LogP contribution in [0.25, 0.3) is 0 Å². The SMILES string of the molecule is Cc1nc(CNCc2c(C)n[nH]c2C)no1. The predicted octanol–water partition coefficient (Wildman–Crippen LogP) is 1.01. The molecule has 2 aromatic heterocycles. The molecule has 16 heavy (non-hydrogen) atoms. The number of rotatable bonds is 4. The molecule has 2 aromatic rings. The van der Waals surface area contributed by atoms with Gasteiger partial charge in [0, 0.05) is 24.7 Å². The summed E-state index contributed by atoms with van der Waals surface area (Å²) >= 11 is 0. The molecule has 0 saturated heterocycles. The van der Waals surface area contributed by atoms with Crippen molar-refractivity contribution < 1.29 is 4.52 Å². The minimum absolute atomic E-state index is 0.590. The highest BCUT2D eigenvalue weighted by Crippen LogP contribution is 2.08. The lowest BCUT2D eigenvalue weighted by molar-refractivity contribution is 0.385. The van der Waals surface area contributed by atoms with E-state index in [2.05, 4.69) is 25.7 Å². The molecule has 0 unspecified atom stereocenters. The van der Waals surface area contributed by atoms with Gasteiger partial charge in [0.15, 0.2) is 5.82 Å². The van der Waals surface area contributed by atoms with E-state index < -0.39 is 0 Å². The molecule has 0 aliphatic carbocycles. The van der Waals surface area contributed by atoms with E-state index in [1.54, 1.807) is 6.92 Å². The standard InChI is InChI=1S/C10H15N5O/c1-6-9(7(2)14-13-6)4-11-5-10-12-8(3)16-15-10/h11H,4-5H2,1-3H3,(H,13,14). The van der Waals surface area contributed by atoms with Crippen molar-refractivity contribution in [2.24, 2.45) is 0 Å². The predicted molar refractivity (Wildman–Crippen MR) is 57.6 cm³/mol. The number of aromatic nitrogens is 4. The Morgan fingerprint density at radius 1 is 1.25 bits per heavy atom. The molecule has 0 fully saturated rings. The topological polar surface area (TPSA) is 79.6 Å². The molecule has 6 nitrogen and oxygen atoms in total. The van der Waals surface area contributed by atoms with E-state index in [1.165, 1.54) is 5.56 Å². The third-order valence-corrected chi connectivity index (χ3v) is 2.44. The Morgan fingerprint density at radius 2 is 2.06 bits per heavy atom. The molecule has 2 rings (SSSR count). The van der Waals surface area contributed by atoms with Crippen LogP contribution in [0.2, 0.25) is 0 Å². The Kier molecular flexibility index (Phi) is 3.00. The van der Waals surface area contributed by atoms with E-state index in [4.69, 9.17) is 4.52 Å². The maximum absolute atomic E-state index is 4.88. The smallest absolute Gasteiger partial charge is 0.223 e. The van der Waals surface area contributed by atoms with Crippen molar-refractivity contribution in [2.45, 2.75) is 33.9 Å². The van der Waals surface area contributed by atoms with Crippen LogP contribution in [0.15, 0.2) is 4.52 Å². The van der Waals surface area contributed by atoms with Crippen LogP contribution in [-0.4, -0.2) is 20.3 Å². The largest absolute Gasteiger partial charge is 0.340 e. The van der Waals surface area contributed by atoms with Gasteiger partial charge in [0.2, 0.25) is 5.89 Å². The molecule has 2 N–H and O–H groups in total. The Balaban J connectivity index is 1.89. The molecule has 0 saturated carbocycles. The van der Waals surface area contributed by atoms with Crippen molar-refractivity contribution in [3.05, 3.63) is 28.7 Å². The van der Waals surface area contributed by atoms with Crippen LogP contribution in [0.1, 0.15) is 28.7 Å². The lowest BCUT2D eigenvalue weighted by Gasteiger charge is -2.01. The van der Waals surface area contributed by atoms with Crippen molar-refractivity contribution in [1.82, 2.24) is 25.7 Å². The molecule has 0 bridgehead atoms.